The molecule has 0 saturated carbocycles. The van der Waals surface area contributed by atoms with E-state index >= 15 is 4.39 Å². The molecule has 25 heavy (non-hydrogen) atoms. The third kappa shape index (κ3) is 2.44. The van der Waals surface area contributed by atoms with Gasteiger partial charge in [0.15, 0.2) is 0 Å². The lowest BCUT2D eigenvalue weighted by Gasteiger charge is -2.16. The minimum atomic E-state index is -1.25. The van der Waals surface area contributed by atoms with Gasteiger partial charge in [0.05, 0.1) is 10.8 Å². The van der Waals surface area contributed by atoms with Gasteiger partial charge >= 0.3 is 0 Å². The van der Waals surface area contributed by atoms with Gasteiger partial charge in [0.25, 0.3) is 0 Å². The van der Waals surface area contributed by atoms with Gasteiger partial charge in [-0.2, -0.15) is 8.78 Å². The van der Waals surface area contributed by atoms with Gasteiger partial charge in [-0.25, -0.2) is 4.39 Å². The fraction of sp³-hybridized carbons (Fsp3) is 0.0556. The Hall–Kier alpha value is -3.22. The summed E-state index contributed by atoms with van der Waals surface area (Å²) >= 11 is 0. The lowest BCUT2D eigenvalue weighted by atomic mass is 9.89. The molecular weight excluding hydrogens is 331 g/mol. The summed E-state index contributed by atoms with van der Waals surface area (Å²) in [5.41, 5.74) is 5.96. The molecule has 3 aromatic rings. The Morgan fingerprint density at radius 2 is 1.72 bits per heavy atom. The van der Waals surface area contributed by atoms with E-state index in [9.17, 15) is 13.6 Å². The highest BCUT2D eigenvalue weighted by atomic mass is 19.1. The molecule has 1 aromatic heterocycles. The lowest BCUT2D eigenvalue weighted by Crippen LogP contribution is -2.13. The van der Waals surface area contributed by atoms with Crippen LogP contribution in [0.5, 0.6) is 0 Å². The highest BCUT2D eigenvalue weighted by molar-refractivity contribution is 6.03. The van der Waals surface area contributed by atoms with Crippen LogP contribution in [0.25, 0.3) is 28.0 Å². The molecule has 1 heterocycles. The van der Waals surface area contributed by atoms with Gasteiger partial charge in [0.1, 0.15) is 5.82 Å². The maximum absolute atomic E-state index is 15.2. The number of hydrogen-bond acceptors (Lipinski definition) is 3. The topological polar surface area (TPSA) is 68.9 Å². The number of hydrogen-bond donors (Lipinski definition) is 1. The van der Waals surface area contributed by atoms with Gasteiger partial charge in [-0.1, -0.05) is 30.9 Å². The van der Waals surface area contributed by atoms with Crippen LogP contribution < -0.4 is 5.73 Å². The second kappa shape index (κ2) is 6.01. The molecule has 0 atom stereocenters. The first-order valence-electron chi connectivity index (χ1n) is 7.23. The van der Waals surface area contributed by atoms with Crippen molar-refractivity contribution in [3.63, 3.8) is 0 Å². The molecule has 3 rings (SSSR count). The van der Waals surface area contributed by atoms with Crippen LogP contribution in [0.15, 0.2) is 30.8 Å². The fourth-order valence-electron chi connectivity index (χ4n) is 2.94. The zero-order chi connectivity index (χ0) is 18.3. The minimum absolute atomic E-state index is 0.0572. The summed E-state index contributed by atoms with van der Waals surface area (Å²) in [4.78, 5) is 11.7. The van der Waals surface area contributed by atoms with Crippen LogP contribution >= 0.6 is 0 Å². The molecule has 0 aliphatic rings. The smallest absolute Gasteiger partial charge is 0.249 e. The highest BCUT2D eigenvalue weighted by Gasteiger charge is 2.25. The number of fused-ring (bicyclic) bond motifs is 1. The third-order valence-electron chi connectivity index (χ3n) is 4.04. The Kier molecular flexibility index (Phi) is 4.00. The number of primary amides is 1. The predicted molar refractivity (Wildman–Crippen MR) is 88.2 cm³/mol. The number of carbonyl (C=O) groups is 1. The van der Waals surface area contributed by atoms with Crippen molar-refractivity contribution in [3.05, 3.63) is 65.2 Å². The van der Waals surface area contributed by atoms with Crippen LogP contribution in [0.2, 0.25) is 0 Å². The van der Waals surface area contributed by atoms with Crippen molar-refractivity contribution in [2.24, 2.45) is 5.73 Å². The van der Waals surface area contributed by atoms with Crippen molar-refractivity contribution in [1.82, 2.24) is 10.2 Å². The SMILES string of the molecule is C=Cc1c(C)c(-c2ccccc2C(N)=O)c(F)c2c(F)nnc(F)c12. The molecule has 0 aliphatic heterocycles. The molecule has 0 aliphatic carbocycles. The van der Waals surface area contributed by atoms with Gasteiger partial charge in [-0.15, -0.1) is 10.2 Å². The number of amides is 1. The maximum Gasteiger partial charge on any atom is 0.249 e. The number of rotatable bonds is 3. The number of nitrogens with zero attached hydrogens (tertiary/aromatic N) is 2. The average Bonchev–Trinajstić information content (AvgIpc) is 2.58. The summed E-state index contributed by atoms with van der Waals surface area (Å²) in [6, 6.07) is 6.06. The van der Waals surface area contributed by atoms with E-state index in [0.717, 1.165) is 0 Å². The largest absolute Gasteiger partial charge is 0.366 e. The Labute approximate surface area is 140 Å². The summed E-state index contributed by atoms with van der Waals surface area (Å²) in [7, 11) is 0. The van der Waals surface area contributed by atoms with E-state index in [2.05, 4.69) is 16.8 Å². The Morgan fingerprint density at radius 1 is 1.12 bits per heavy atom. The normalized spacial score (nSPS) is 10.9. The van der Waals surface area contributed by atoms with Gasteiger partial charge in [-0.05, 0) is 29.7 Å². The molecular formula is C18H12F3N3O. The minimum Gasteiger partial charge on any atom is -0.366 e. The summed E-state index contributed by atoms with van der Waals surface area (Å²) in [6.07, 6.45) is 1.28. The van der Waals surface area contributed by atoms with Crippen molar-refractivity contribution in [3.8, 4) is 11.1 Å². The Morgan fingerprint density at radius 3 is 2.32 bits per heavy atom. The van der Waals surface area contributed by atoms with E-state index in [0.29, 0.717) is 0 Å². The van der Waals surface area contributed by atoms with E-state index in [1.54, 1.807) is 12.1 Å². The Balaban J connectivity index is 2.57. The zero-order valence-electron chi connectivity index (χ0n) is 13.1. The van der Waals surface area contributed by atoms with Crippen molar-refractivity contribution in [1.29, 1.82) is 0 Å². The molecule has 0 spiro atoms. The number of benzene rings is 2. The first-order valence-corrected chi connectivity index (χ1v) is 7.23. The number of nitrogens with two attached hydrogens (primary N) is 1. The molecule has 4 nitrogen and oxygen atoms in total. The number of carbonyl (C=O) groups excluding carboxylic acids is 1. The molecule has 0 fully saturated rings. The van der Waals surface area contributed by atoms with Gasteiger partial charge in [0.2, 0.25) is 17.8 Å². The van der Waals surface area contributed by atoms with Crippen LogP contribution in [0.3, 0.4) is 0 Å². The number of aromatic nitrogens is 2. The molecule has 126 valence electrons. The molecule has 2 N–H and O–H groups in total. The van der Waals surface area contributed by atoms with E-state index in [4.69, 9.17) is 5.73 Å². The molecule has 0 unspecified atom stereocenters. The van der Waals surface area contributed by atoms with Gasteiger partial charge < -0.3 is 5.73 Å². The van der Waals surface area contributed by atoms with Crippen LogP contribution in [-0.2, 0) is 0 Å². The summed E-state index contributed by atoms with van der Waals surface area (Å²) in [5.74, 6) is -4.18. The quantitative estimate of drug-likeness (QED) is 0.787. The second-order valence-corrected chi connectivity index (χ2v) is 5.37. The summed E-state index contributed by atoms with van der Waals surface area (Å²) < 4.78 is 43.4. The van der Waals surface area contributed by atoms with Crippen molar-refractivity contribution in [2.45, 2.75) is 6.92 Å². The van der Waals surface area contributed by atoms with Gasteiger partial charge in [0, 0.05) is 11.1 Å². The molecule has 0 bridgehead atoms. The average molecular weight is 343 g/mol. The highest BCUT2D eigenvalue weighted by Crippen LogP contribution is 2.38. The Bertz CT molecular complexity index is 1050. The molecule has 7 heteroatoms. The first-order chi connectivity index (χ1) is 11.9. The van der Waals surface area contributed by atoms with Crippen LogP contribution in [0, 0.1) is 24.6 Å². The van der Waals surface area contributed by atoms with E-state index < -0.39 is 29.0 Å². The third-order valence-corrected chi connectivity index (χ3v) is 4.04. The van der Waals surface area contributed by atoms with E-state index in [1.807, 2.05) is 0 Å². The van der Waals surface area contributed by atoms with Crippen molar-refractivity contribution >= 4 is 22.8 Å². The molecule has 0 saturated heterocycles. The zero-order valence-corrected chi connectivity index (χ0v) is 13.1. The monoisotopic (exact) mass is 343 g/mol. The molecule has 2 aromatic carbocycles. The molecule has 0 radical (unpaired) electrons. The van der Waals surface area contributed by atoms with Gasteiger partial charge in [-0.3, -0.25) is 4.79 Å². The predicted octanol–water partition coefficient (Wildman–Crippen LogP) is 3.76. The van der Waals surface area contributed by atoms with Crippen LogP contribution in [-0.4, -0.2) is 16.1 Å². The molecule has 1 amide bonds. The summed E-state index contributed by atoms with van der Waals surface area (Å²) in [5, 5.41) is 5.07. The van der Waals surface area contributed by atoms with E-state index in [1.165, 1.54) is 25.1 Å². The maximum atomic E-state index is 15.2. The van der Waals surface area contributed by atoms with E-state index in [-0.39, 0.29) is 33.2 Å². The lowest BCUT2D eigenvalue weighted by molar-refractivity contribution is 0.100. The second-order valence-electron chi connectivity index (χ2n) is 5.37. The first kappa shape index (κ1) is 16.6. The van der Waals surface area contributed by atoms with Crippen molar-refractivity contribution < 1.29 is 18.0 Å². The van der Waals surface area contributed by atoms with Crippen LogP contribution in [0.1, 0.15) is 21.5 Å². The summed E-state index contributed by atoms with van der Waals surface area (Å²) in [6.45, 7) is 5.10. The van der Waals surface area contributed by atoms with Crippen molar-refractivity contribution in [2.75, 3.05) is 0 Å². The van der Waals surface area contributed by atoms with Crippen LogP contribution in [0.4, 0.5) is 13.2 Å². The fourth-order valence-corrected chi connectivity index (χ4v) is 2.94. The number of halogens is 3. The standard InChI is InChI=1S/C18H12F3N3O/c1-3-9-8(2)12(10-6-4-5-7-11(10)18(22)25)15(19)14-13(9)16(20)23-24-17(14)21/h3-7H,1H2,2H3,(H2,22,25).